The number of halogens is 1. The van der Waals surface area contributed by atoms with Gasteiger partial charge in [-0.1, -0.05) is 29.8 Å². The molecule has 0 aliphatic carbocycles. The van der Waals surface area contributed by atoms with Gasteiger partial charge in [-0.2, -0.15) is 4.74 Å². The van der Waals surface area contributed by atoms with Crippen LogP contribution in [0.15, 0.2) is 48.5 Å². The van der Waals surface area contributed by atoms with Gasteiger partial charge in [0.05, 0.1) is 5.56 Å². The quantitative estimate of drug-likeness (QED) is 0.335. The molecule has 0 aromatic heterocycles. The van der Waals surface area contributed by atoms with Gasteiger partial charge in [-0.3, -0.25) is 0 Å². The summed E-state index contributed by atoms with van der Waals surface area (Å²) in [7, 11) is 0. The van der Waals surface area contributed by atoms with Gasteiger partial charge in [-0.15, -0.1) is 0 Å². The zero-order valence-electron chi connectivity index (χ0n) is 9.43. The fourth-order valence-corrected chi connectivity index (χ4v) is 1.47. The number of nitrogens with zero attached hydrogens (tertiary/aromatic N) is 1. The maximum absolute atomic E-state index is 13.3. The lowest BCUT2D eigenvalue weighted by molar-refractivity contribution is -0.354. The Morgan fingerprint density at radius 1 is 1.06 bits per heavy atom. The first-order valence-corrected chi connectivity index (χ1v) is 5.29. The van der Waals surface area contributed by atoms with Crippen molar-refractivity contribution in [1.82, 2.24) is 0 Å². The van der Waals surface area contributed by atoms with E-state index in [2.05, 4.69) is 0 Å². The summed E-state index contributed by atoms with van der Waals surface area (Å²) < 4.78 is 14.0. The van der Waals surface area contributed by atoms with Crippen LogP contribution in [0.4, 0.5) is 10.1 Å². The predicted molar refractivity (Wildman–Crippen MR) is 66.0 cm³/mol. The Morgan fingerprint density at radius 3 is 2.35 bits per heavy atom. The zero-order valence-corrected chi connectivity index (χ0v) is 9.43. The molecule has 0 radical (unpaired) electrons. The average molecular weight is 229 g/mol. The molecule has 0 aliphatic heterocycles. The van der Waals surface area contributed by atoms with Crippen LogP contribution in [0, 0.1) is 17.9 Å². The monoisotopic (exact) mass is 229 g/mol. The minimum Gasteiger partial charge on any atom is -0.618 e. The van der Waals surface area contributed by atoms with Crippen molar-refractivity contribution in [2.45, 2.75) is 6.92 Å². The molecule has 2 aromatic rings. The van der Waals surface area contributed by atoms with Crippen molar-refractivity contribution in [3.05, 3.63) is 70.7 Å². The van der Waals surface area contributed by atoms with E-state index in [1.807, 2.05) is 19.1 Å². The number of aryl methyl sites for hydroxylation is 1. The first kappa shape index (κ1) is 11.3. The Morgan fingerprint density at radius 2 is 1.71 bits per heavy atom. The SMILES string of the molecule is Cc1ccc([N+]([O-])=Cc2ccccc2F)cc1. The molecule has 0 saturated carbocycles. The van der Waals surface area contributed by atoms with Gasteiger partial charge in [-0.05, 0) is 19.1 Å². The van der Waals surface area contributed by atoms with E-state index in [4.69, 9.17) is 0 Å². The summed E-state index contributed by atoms with van der Waals surface area (Å²) >= 11 is 0. The van der Waals surface area contributed by atoms with Gasteiger partial charge in [0.1, 0.15) is 5.82 Å². The number of hydrogen-bond donors (Lipinski definition) is 0. The second-order valence-electron chi connectivity index (χ2n) is 3.81. The molecule has 0 saturated heterocycles. The van der Waals surface area contributed by atoms with E-state index in [1.54, 1.807) is 30.3 Å². The minimum atomic E-state index is -0.402. The highest BCUT2D eigenvalue weighted by molar-refractivity contribution is 5.76. The van der Waals surface area contributed by atoms with Crippen molar-refractivity contribution in [1.29, 1.82) is 0 Å². The van der Waals surface area contributed by atoms with Gasteiger partial charge in [0.15, 0.2) is 6.21 Å². The van der Waals surface area contributed by atoms with E-state index in [1.165, 1.54) is 12.3 Å². The van der Waals surface area contributed by atoms with Crippen molar-refractivity contribution in [2.75, 3.05) is 0 Å². The van der Waals surface area contributed by atoms with Crippen molar-refractivity contribution in [3.63, 3.8) is 0 Å². The lowest BCUT2D eigenvalue weighted by Crippen LogP contribution is -2.00. The molecule has 0 fully saturated rings. The Kier molecular flexibility index (Phi) is 3.19. The third kappa shape index (κ3) is 2.69. The van der Waals surface area contributed by atoms with Gasteiger partial charge in [0.2, 0.25) is 5.69 Å². The maximum atomic E-state index is 13.3. The highest BCUT2D eigenvalue weighted by Gasteiger charge is 2.04. The molecule has 17 heavy (non-hydrogen) atoms. The summed E-state index contributed by atoms with van der Waals surface area (Å²) in [5.74, 6) is -0.402. The highest BCUT2D eigenvalue weighted by Crippen LogP contribution is 2.12. The molecule has 86 valence electrons. The first-order valence-electron chi connectivity index (χ1n) is 5.29. The van der Waals surface area contributed by atoms with Crippen LogP contribution < -0.4 is 0 Å². The average Bonchev–Trinajstić information content (AvgIpc) is 2.33. The second kappa shape index (κ2) is 4.78. The topological polar surface area (TPSA) is 26.1 Å². The van der Waals surface area contributed by atoms with Crippen LogP contribution in [0.2, 0.25) is 0 Å². The zero-order chi connectivity index (χ0) is 12.3. The summed E-state index contributed by atoms with van der Waals surface area (Å²) in [6, 6.07) is 13.3. The molecular weight excluding hydrogens is 217 g/mol. The number of benzene rings is 2. The third-order valence-corrected chi connectivity index (χ3v) is 2.45. The van der Waals surface area contributed by atoms with E-state index >= 15 is 0 Å². The molecule has 0 atom stereocenters. The van der Waals surface area contributed by atoms with E-state index < -0.39 is 5.82 Å². The lowest BCUT2D eigenvalue weighted by atomic mass is 10.2. The van der Waals surface area contributed by atoms with E-state index in [9.17, 15) is 9.60 Å². The van der Waals surface area contributed by atoms with Crippen LogP contribution in [0.5, 0.6) is 0 Å². The predicted octanol–water partition coefficient (Wildman–Crippen LogP) is 3.40. The smallest absolute Gasteiger partial charge is 0.216 e. The molecule has 0 heterocycles. The summed E-state index contributed by atoms with van der Waals surface area (Å²) in [5.41, 5.74) is 1.84. The van der Waals surface area contributed by atoms with Crippen LogP contribution in [-0.4, -0.2) is 11.0 Å². The molecule has 2 nitrogen and oxygen atoms in total. The number of hydrogen-bond acceptors (Lipinski definition) is 1. The van der Waals surface area contributed by atoms with Gasteiger partial charge in [0, 0.05) is 12.1 Å². The van der Waals surface area contributed by atoms with Crippen LogP contribution >= 0.6 is 0 Å². The summed E-state index contributed by atoms with van der Waals surface area (Å²) in [6.07, 6.45) is 1.24. The van der Waals surface area contributed by atoms with E-state index in [0.29, 0.717) is 10.4 Å². The van der Waals surface area contributed by atoms with Crippen molar-refractivity contribution in [3.8, 4) is 0 Å². The van der Waals surface area contributed by atoms with Crippen molar-refractivity contribution in [2.24, 2.45) is 0 Å². The standard InChI is InChI=1S/C14H12FNO/c1-11-6-8-13(9-7-11)16(17)10-12-4-2-3-5-14(12)15/h2-10H,1H3. The normalized spacial score (nSPS) is 11.5. The third-order valence-electron chi connectivity index (χ3n) is 2.45. The van der Waals surface area contributed by atoms with Crippen LogP contribution in [0.3, 0.4) is 0 Å². The second-order valence-corrected chi connectivity index (χ2v) is 3.81. The molecule has 0 bridgehead atoms. The summed E-state index contributed by atoms with van der Waals surface area (Å²) in [6.45, 7) is 1.94. The van der Waals surface area contributed by atoms with Gasteiger partial charge < -0.3 is 5.21 Å². The molecule has 0 aliphatic rings. The summed E-state index contributed by atoms with van der Waals surface area (Å²) in [4.78, 5) is 0. The van der Waals surface area contributed by atoms with Crippen molar-refractivity contribution < 1.29 is 9.13 Å². The largest absolute Gasteiger partial charge is 0.618 e. The highest BCUT2D eigenvalue weighted by atomic mass is 19.1. The molecule has 0 unspecified atom stereocenters. The Bertz CT molecular complexity index is 546. The fourth-order valence-electron chi connectivity index (χ4n) is 1.47. The molecule has 0 amide bonds. The Labute approximate surface area is 99.2 Å². The first-order chi connectivity index (χ1) is 8.16. The molecule has 0 N–H and O–H groups in total. The fraction of sp³-hybridized carbons (Fsp3) is 0.0714. The molecule has 2 rings (SSSR count). The number of rotatable bonds is 2. The maximum Gasteiger partial charge on any atom is 0.216 e. The van der Waals surface area contributed by atoms with Crippen molar-refractivity contribution >= 4 is 11.9 Å². The Hall–Kier alpha value is -2.16. The van der Waals surface area contributed by atoms with E-state index in [0.717, 1.165) is 5.56 Å². The molecule has 0 spiro atoms. The van der Waals surface area contributed by atoms with E-state index in [-0.39, 0.29) is 5.56 Å². The van der Waals surface area contributed by atoms with Gasteiger partial charge in [-0.25, -0.2) is 4.39 Å². The molecular formula is C14H12FNO. The van der Waals surface area contributed by atoms with Crippen LogP contribution in [0.25, 0.3) is 0 Å². The lowest BCUT2D eigenvalue weighted by Gasteiger charge is -2.03. The Balaban J connectivity index is 2.34. The summed E-state index contributed by atoms with van der Waals surface area (Å²) in [5, 5.41) is 11.8. The minimum absolute atomic E-state index is 0.281. The molecule has 3 heteroatoms. The van der Waals surface area contributed by atoms with Gasteiger partial charge in [0.25, 0.3) is 0 Å². The van der Waals surface area contributed by atoms with Crippen LogP contribution in [0.1, 0.15) is 11.1 Å². The van der Waals surface area contributed by atoms with Gasteiger partial charge >= 0.3 is 0 Å². The van der Waals surface area contributed by atoms with Crippen LogP contribution in [-0.2, 0) is 0 Å². The molecule has 2 aromatic carbocycles.